The van der Waals surface area contributed by atoms with Crippen LogP contribution >= 0.6 is 11.3 Å². The lowest BCUT2D eigenvalue weighted by molar-refractivity contribution is 0.141. The lowest BCUT2D eigenvalue weighted by Crippen LogP contribution is -2.21. The average molecular weight is 425 g/mol. The largest absolute Gasteiger partial charge is 0.397 e. The number of nitrogens with zero attached hydrogens (tertiary/aromatic N) is 3. The molecular weight excluding hydrogens is 405 g/mol. The van der Waals surface area contributed by atoms with Crippen molar-refractivity contribution in [1.29, 1.82) is 0 Å². The van der Waals surface area contributed by atoms with Crippen LogP contribution in [0.25, 0.3) is 15.9 Å². The van der Waals surface area contributed by atoms with E-state index in [0.29, 0.717) is 21.0 Å². The van der Waals surface area contributed by atoms with Crippen LogP contribution in [0.15, 0.2) is 47.4 Å². The topological polar surface area (TPSA) is 106 Å². The predicted molar refractivity (Wildman–Crippen MR) is 115 cm³/mol. The number of benzene rings is 1. The van der Waals surface area contributed by atoms with Gasteiger partial charge in [-0.2, -0.15) is 5.10 Å². The van der Waals surface area contributed by atoms with Gasteiger partial charge >= 0.3 is 0 Å². The molecule has 0 spiro atoms. The maximum Gasteiger partial charge on any atom is 0.255 e. The summed E-state index contributed by atoms with van der Waals surface area (Å²) in [5.41, 5.74) is 8.91. The number of pyridine rings is 1. The number of aryl methyl sites for hydroxylation is 2. The Bertz CT molecular complexity index is 1300. The van der Waals surface area contributed by atoms with Gasteiger partial charge in [-0.25, -0.2) is 4.39 Å². The fraction of sp³-hybridized carbons (Fsp3) is 0.190. The molecule has 0 saturated heterocycles. The molecular formula is C21H20FN5O2S. The van der Waals surface area contributed by atoms with E-state index in [9.17, 15) is 14.3 Å². The standard InChI is InChI=1S/C21H20FN5O2S/c1-11-12(2)25-26-21-17(11)18(23)19(30-21)20(29)24-10-13-6-7-15(14(22)9-13)27-8-4-3-5-16(27)28/h3-9,20,24,29H,10,23H2,1-2H3. The monoisotopic (exact) mass is 425 g/mol. The molecule has 154 valence electrons. The molecule has 3 heterocycles. The summed E-state index contributed by atoms with van der Waals surface area (Å²) < 4.78 is 15.8. The number of anilines is 1. The zero-order chi connectivity index (χ0) is 21.4. The molecule has 4 N–H and O–H groups in total. The molecule has 0 amide bonds. The van der Waals surface area contributed by atoms with E-state index in [2.05, 4.69) is 15.5 Å². The highest BCUT2D eigenvalue weighted by Gasteiger charge is 2.20. The first-order chi connectivity index (χ1) is 14.4. The molecule has 4 rings (SSSR count). The summed E-state index contributed by atoms with van der Waals surface area (Å²) in [6, 6.07) is 9.21. The molecule has 1 unspecified atom stereocenters. The van der Waals surface area contributed by atoms with Crippen LogP contribution in [0.2, 0.25) is 0 Å². The van der Waals surface area contributed by atoms with Gasteiger partial charge in [0.25, 0.3) is 5.56 Å². The smallest absolute Gasteiger partial charge is 0.255 e. The van der Waals surface area contributed by atoms with Crippen molar-refractivity contribution in [2.24, 2.45) is 0 Å². The van der Waals surface area contributed by atoms with Crippen LogP contribution in [0.4, 0.5) is 10.1 Å². The Morgan fingerprint density at radius 3 is 2.80 bits per heavy atom. The average Bonchev–Trinajstić information content (AvgIpc) is 3.07. The van der Waals surface area contributed by atoms with Gasteiger partial charge in [0.05, 0.1) is 21.9 Å². The molecule has 9 heteroatoms. The van der Waals surface area contributed by atoms with Gasteiger partial charge < -0.3 is 10.8 Å². The number of rotatable bonds is 5. The Balaban J connectivity index is 1.54. The second kappa shape index (κ2) is 7.94. The third kappa shape index (κ3) is 3.58. The molecule has 0 aliphatic heterocycles. The van der Waals surface area contributed by atoms with Crippen LogP contribution in [-0.4, -0.2) is 19.9 Å². The summed E-state index contributed by atoms with van der Waals surface area (Å²) in [4.78, 5) is 13.1. The number of hydrogen-bond acceptors (Lipinski definition) is 7. The van der Waals surface area contributed by atoms with E-state index in [4.69, 9.17) is 5.73 Å². The summed E-state index contributed by atoms with van der Waals surface area (Å²) in [5, 5.41) is 22.6. The number of aromatic nitrogens is 3. The van der Waals surface area contributed by atoms with Crippen LogP contribution in [-0.2, 0) is 6.54 Å². The molecule has 1 atom stereocenters. The Hall–Kier alpha value is -3.14. The van der Waals surface area contributed by atoms with Crippen molar-refractivity contribution >= 4 is 27.2 Å². The lowest BCUT2D eigenvalue weighted by atomic mass is 10.1. The Morgan fingerprint density at radius 1 is 1.27 bits per heavy atom. The van der Waals surface area contributed by atoms with Gasteiger partial charge in [-0.1, -0.05) is 12.1 Å². The van der Waals surface area contributed by atoms with Gasteiger partial charge in [0.15, 0.2) is 0 Å². The van der Waals surface area contributed by atoms with Crippen LogP contribution < -0.4 is 16.6 Å². The summed E-state index contributed by atoms with van der Waals surface area (Å²) >= 11 is 1.27. The van der Waals surface area contributed by atoms with E-state index in [1.165, 1.54) is 40.3 Å². The molecule has 0 saturated carbocycles. The third-order valence-corrected chi connectivity index (χ3v) is 6.15. The molecule has 7 nitrogen and oxygen atoms in total. The number of halogens is 1. The Morgan fingerprint density at radius 2 is 2.07 bits per heavy atom. The highest BCUT2D eigenvalue weighted by Crippen LogP contribution is 2.37. The van der Waals surface area contributed by atoms with Crippen molar-refractivity contribution in [3.63, 3.8) is 0 Å². The number of hydrogen-bond donors (Lipinski definition) is 3. The quantitative estimate of drug-likeness (QED) is 0.425. The lowest BCUT2D eigenvalue weighted by Gasteiger charge is -2.13. The Kier molecular flexibility index (Phi) is 5.33. The van der Waals surface area contributed by atoms with Gasteiger partial charge in [-0.3, -0.25) is 14.7 Å². The third-order valence-electron chi connectivity index (χ3n) is 5.01. The van der Waals surface area contributed by atoms with Gasteiger partial charge in [-0.05, 0) is 43.2 Å². The predicted octanol–water partition coefficient (Wildman–Crippen LogP) is 2.96. The minimum Gasteiger partial charge on any atom is -0.397 e. The molecule has 30 heavy (non-hydrogen) atoms. The van der Waals surface area contributed by atoms with Crippen molar-refractivity contribution in [3.05, 3.63) is 80.5 Å². The van der Waals surface area contributed by atoms with Gasteiger partial charge in [0.1, 0.15) is 16.9 Å². The van der Waals surface area contributed by atoms with Gasteiger partial charge in [-0.15, -0.1) is 16.4 Å². The zero-order valence-electron chi connectivity index (χ0n) is 16.4. The minimum atomic E-state index is -1.04. The number of thiophene rings is 1. The van der Waals surface area contributed by atoms with E-state index in [0.717, 1.165) is 16.6 Å². The summed E-state index contributed by atoms with van der Waals surface area (Å²) in [5.74, 6) is -0.528. The first-order valence-corrected chi connectivity index (χ1v) is 10.1. The number of nitrogens with one attached hydrogen (secondary N) is 1. The zero-order valence-corrected chi connectivity index (χ0v) is 17.2. The first-order valence-electron chi connectivity index (χ1n) is 9.26. The number of aliphatic hydroxyl groups is 1. The van der Waals surface area contributed by atoms with Crippen molar-refractivity contribution < 1.29 is 9.50 Å². The molecule has 0 bridgehead atoms. The van der Waals surface area contributed by atoms with E-state index in [1.54, 1.807) is 18.2 Å². The summed E-state index contributed by atoms with van der Waals surface area (Å²) in [6.45, 7) is 3.98. The molecule has 0 aliphatic carbocycles. The fourth-order valence-electron chi connectivity index (χ4n) is 3.25. The maximum absolute atomic E-state index is 14.6. The number of nitrogens with two attached hydrogens (primary N) is 1. The van der Waals surface area contributed by atoms with Crippen molar-refractivity contribution in [2.75, 3.05) is 5.73 Å². The van der Waals surface area contributed by atoms with Crippen LogP contribution in [0.5, 0.6) is 0 Å². The summed E-state index contributed by atoms with van der Waals surface area (Å²) in [7, 11) is 0. The van der Waals surface area contributed by atoms with E-state index >= 15 is 0 Å². The van der Waals surface area contributed by atoms with E-state index in [1.807, 2.05) is 13.8 Å². The highest BCUT2D eigenvalue weighted by atomic mass is 32.1. The second-order valence-electron chi connectivity index (χ2n) is 6.95. The van der Waals surface area contributed by atoms with Crippen LogP contribution in [0.1, 0.15) is 27.9 Å². The summed E-state index contributed by atoms with van der Waals surface area (Å²) in [6.07, 6.45) is 0.475. The van der Waals surface area contributed by atoms with Crippen molar-refractivity contribution in [3.8, 4) is 5.69 Å². The minimum absolute atomic E-state index is 0.170. The van der Waals surface area contributed by atoms with Crippen LogP contribution in [0, 0.1) is 19.7 Å². The second-order valence-corrected chi connectivity index (χ2v) is 7.98. The molecule has 4 aromatic rings. The van der Waals surface area contributed by atoms with Crippen molar-refractivity contribution in [2.45, 2.75) is 26.6 Å². The van der Waals surface area contributed by atoms with E-state index < -0.39 is 12.0 Å². The van der Waals surface area contributed by atoms with Crippen LogP contribution in [0.3, 0.4) is 0 Å². The maximum atomic E-state index is 14.6. The number of nitrogen functional groups attached to an aromatic ring is 1. The van der Waals surface area contributed by atoms with Gasteiger partial charge in [0, 0.05) is 24.2 Å². The number of aliphatic hydroxyl groups excluding tert-OH is 1. The number of fused-ring (bicyclic) bond motifs is 1. The van der Waals surface area contributed by atoms with E-state index in [-0.39, 0.29) is 17.8 Å². The molecule has 0 fully saturated rings. The highest BCUT2D eigenvalue weighted by molar-refractivity contribution is 7.19. The fourth-order valence-corrected chi connectivity index (χ4v) is 4.31. The van der Waals surface area contributed by atoms with Crippen molar-refractivity contribution in [1.82, 2.24) is 20.1 Å². The first kappa shape index (κ1) is 20.1. The molecule has 1 aromatic carbocycles. The molecule has 0 aliphatic rings. The normalized spacial score (nSPS) is 12.4. The molecule has 0 radical (unpaired) electrons. The molecule has 3 aromatic heterocycles. The SMILES string of the molecule is Cc1nnc2sc(C(O)NCc3ccc(-n4ccccc4=O)c(F)c3)c(N)c2c1C. The van der Waals surface area contributed by atoms with Gasteiger partial charge in [0.2, 0.25) is 0 Å². The Labute approximate surface area is 175 Å².